The van der Waals surface area contributed by atoms with E-state index in [2.05, 4.69) is 26.3 Å². The van der Waals surface area contributed by atoms with Gasteiger partial charge in [-0.05, 0) is 37.6 Å². The minimum atomic E-state index is 0.460. The standard InChI is InChI=1S/C18H24ClN5/c1-13-9-16(22-18(21-13)23(2)3)11-20-15-7-8-24(12-15)17-6-4-5-14(19)10-17/h4-6,9-10,15,20H,7-8,11-12H2,1-3H3/t15-/m1/s1. The fourth-order valence-electron chi connectivity index (χ4n) is 2.99. The highest BCUT2D eigenvalue weighted by Crippen LogP contribution is 2.23. The lowest BCUT2D eigenvalue weighted by atomic mass is 10.2. The van der Waals surface area contributed by atoms with Gasteiger partial charge in [0.2, 0.25) is 5.95 Å². The summed E-state index contributed by atoms with van der Waals surface area (Å²) in [6, 6.07) is 10.6. The second kappa shape index (κ2) is 7.36. The highest BCUT2D eigenvalue weighted by molar-refractivity contribution is 6.30. The van der Waals surface area contributed by atoms with Gasteiger partial charge in [-0.2, -0.15) is 0 Å². The van der Waals surface area contributed by atoms with Crippen LogP contribution in [-0.2, 0) is 6.54 Å². The molecule has 1 aromatic heterocycles. The Balaban J connectivity index is 1.58. The zero-order valence-electron chi connectivity index (χ0n) is 14.5. The molecule has 24 heavy (non-hydrogen) atoms. The minimum absolute atomic E-state index is 0.460. The summed E-state index contributed by atoms with van der Waals surface area (Å²) in [5.41, 5.74) is 3.23. The largest absolute Gasteiger partial charge is 0.370 e. The van der Waals surface area contributed by atoms with Crippen LogP contribution in [0.4, 0.5) is 11.6 Å². The monoisotopic (exact) mass is 345 g/mol. The second-order valence-corrected chi connectivity index (χ2v) is 6.92. The number of hydrogen-bond acceptors (Lipinski definition) is 5. The molecule has 2 aromatic rings. The van der Waals surface area contributed by atoms with Crippen molar-refractivity contribution in [2.45, 2.75) is 25.9 Å². The number of aromatic nitrogens is 2. The van der Waals surface area contributed by atoms with Crippen molar-refractivity contribution in [2.75, 3.05) is 37.0 Å². The lowest BCUT2D eigenvalue weighted by molar-refractivity contribution is 0.545. The SMILES string of the molecule is Cc1cc(CN[C@@H]2CCN(c3cccc(Cl)c3)C2)nc(N(C)C)n1. The average Bonchev–Trinajstić information content (AvgIpc) is 3.01. The van der Waals surface area contributed by atoms with Gasteiger partial charge in [-0.25, -0.2) is 9.97 Å². The van der Waals surface area contributed by atoms with Gasteiger partial charge in [-0.1, -0.05) is 17.7 Å². The van der Waals surface area contributed by atoms with Crippen molar-refractivity contribution in [2.24, 2.45) is 0 Å². The number of rotatable bonds is 5. The van der Waals surface area contributed by atoms with Crippen LogP contribution in [0.5, 0.6) is 0 Å². The van der Waals surface area contributed by atoms with Crippen LogP contribution in [0.1, 0.15) is 17.8 Å². The molecule has 2 heterocycles. The Labute approximate surface area is 148 Å². The van der Waals surface area contributed by atoms with Gasteiger partial charge < -0.3 is 15.1 Å². The summed E-state index contributed by atoms with van der Waals surface area (Å²) in [6.45, 7) is 4.81. The highest BCUT2D eigenvalue weighted by Gasteiger charge is 2.22. The third-order valence-corrected chi connectivity index (χ3v) is 4.46. The van der Waals surface area contributed by atoms with E-state index in [1.165, 1.54) is 5.69 Å². The summed E-state index contributed by atoms with van der Waals surface area (Å²) >= 11 is 6.10. The molecule has 128 valence electrons. The van der Waals surface area contributed by atoms with Crippen molar-refractivity contribution in [3.63, 3.8) is 0 Å². The molecule has 1 aliphatic heterocycles. The highest BCUT2D eigenvalue weighted by atomic mass is 35.5. The number of halogens is 1. The lowest BCUT2D eigenvalue weighted by Crippen LogP contribution is -2.32. The summed E-state index contributed by atoms with van der Waals surface area (Å²) in [7, 11) is 3.93. The Morgan fingerprint density at radius 3 is 2.88 bits per heavy atom. The van der Waals surface area contributed by atoms with E-state index in [-0.39, 0.29) is 0 Å². The molecule has 0 radical (unpaired) electrons. The predicted octanol–water partition coefficient (Wildman–Crippen LogP) is 2.87. The van der Waals surface area contributed by atoms with E-state index in [0.29, 0.717) is 6.04 Å². The second-order valence-electron chi connectivity index (χ2n) is 6.49. The minimum Gasteiger partial charge on any atom is -0.370 e. The van der Waals surface area contributed by atoms with Gasteiger partial charge in [-0.15, -0.1) is 0 Å². The molecule has 0 bridgehead atoms. The number of aryl methyl sites for hydroxylation is 1. The lowest BCUT2D eigenvalue weighted by Gasteiger charge is -2.19. The molecule has 6 heteroatoms. The molecule has 1 fully saturated rings. The maximum Gasteiger partial charge on any atom is 0.225 e. The molecule has 5 nitrogen and oxygen atoms in total. The van der Waals surface area contributed by atoms with Crippen molar-refractivity contribution in [1.29, 1.82) is 0 Å². The third-order valence-electron chi connectivity index (χ3n) is 4.23. The molecular weight excluding hydrogens is 322 g/mol. The molecule has 1 N–H and O–H groups in total. The quantitative estimate of drug-likeness (QED) is 0.902. The Kier molecular flexibility index (Phi) is 5.21. The van der Waals surface area contributed by atoms with Crippen LogP contribution in [0.15, 0.2) is 30.3 Å². The van der Waals surface area contributed by atoms with Gasteiger partial charge in [-0.3, -0.25) is 0 Å². The zero-order chi connectivity index (χ0) is 17.1. The van der Waals surface area contributed by atoms with E-state index in [4.69, 9.17) is 11.6 Å². The van der Waals surface area contributed by atoms with E-state index >= 15 is 0 Å². The van der Waals surface area contributed by atoms with Gasteiger partial charge in [0, 0.05) is 56.2 Å². The maximum absolute atomic E-state index is 6.10. The Bertz CT molecular complexity index is 704. The van der Waals surface area contributed by atoms with Gasteiger partial charge >= 0.3 is 0 Å². The number of anilines is 2. The molecule has 1 atom stereocenters. The van der Waals surface area contributed by atoms with Gasteiger partial charge in [0.1, 0.15) is 0 Å². The van der Waals surface area contributed by atoms with Crippen molar-refractivity contribution >= 4 is 23.2 Å². The number of nitrogens with zero attached hydrogens (tertiary/aromatic N) is 4. The van der Waals surface area contributed by atoms with Gasteiger partial charge in [0.25, 0.3) is 0 Å². The van der Waals surface area contributed by atoms with Crippen LogP contribution in [0, 0.1) is 6.92 Å². The first kappa shape index (κ1) is 17.0. The zero-order valence-corrected chi connectivity index (χ0v) is 15.2. The number of hydrogen-bond donors (Lipinski definition) is 1. The average molecular weight is 346 g/mol. The molecule has 0 spiro atoms. The molecule has 1 aliphatic rings. The Hall–Kier alpha value is -1.85. The van der Waals surface area contributed by atoms with E-state index in [9.17, 15) is 0 Å². The van der Waals surface area contributed by atoms with E-state index in [0.717, 1.165) is 48.4 Å². The molecule has 3 rings (SSSR count). The fourth-order valence-corrected chi connectivity index (χ4v) is 3.18. The first-order valence-corrected chi connectivity index (χ1v) is 8.65. The summed E-state index contributed by atoms with van der Waals surface area (Å²) in [6.07, 6.45) is 1.12. The van der Waals surface area contributed by atoms with E-state index in [1.807, 2.05) is 50.2 Å². The summed E-state index contributed by atoms with van der Waals surface area (Å²) in [4.78, 5) is 13.4. The molecule has 1 saturated heterocycles. The van der Waals surface area contributed by atoms with Crippen molar-refractivity contribution in [1.82, 2.24) is 15.3 Å². The Morgan fingerprint density at radius 1 is 1.29 bits per heavy atom. The molecule has 0 amide bonds. The van der Waals surface area contributed by atoms with E-state index < -0.39 is 0 Å². The summed E-state index contributed by atoms with van der Waals surface area (Å²) in [5, 5.41) is 4.41. The normalized spacial score (nSPS) is 17.3. The Morgan fingerprint density at radius 2 is 2.12 bits per heavy atom. The van der Waals surface area contributed by atoms with Crippen molar-refractivity contribution in [3.8, 4) is 0 Å². The first-order chi connectivity index (χ1) is 11.5. The van der Waals surface area contributed by atoms with Crippen molar-refractivity contribution in [3.05, 3.63) is 46.7 Å². The summed E-state index contributed by atoms with van der Waals surface area (Å²) in [5.74, 6) is 0.763. The third kappa shape index (κ3) is 4.16. The summed E-state index contributed by atoms with van der Waals surface area (Å²) < 4.78 is 0. The molecule has 0 unspecified atom stereocenters. The molecule has 0 saturated carbocycles. The first-order valence-electron chi connectivity index (χ1n) is 8.27. The van der Waals surface area contributed by atoms with E-state index in [1.54, 1.807) is 0 Å². The molecule has 0 aliphatic carbocycles. The number of benzene rings is 1. The van der Waals surface area contributed by atoms with Gasteiger partial charge in [0.15, 0.2) is 0 Å². The number of nitrogens with one attached hydrogen (secondary N) is 1. The topological polar surface area (TPSA) is 44.3 Å². The van der Waals surface area contributed by atoms with Crippen LogP contribution in [0.25, 0.3) is 0 Å². The molecule has 1 aromatic carbocycles. The van der Waals surface area contributed by atoms with Gasteiger partial charge in [0.05, 0.1) is 5.69 Å². The van der Waals surface area contributed by atoms with Crippen molar-refractivity contribution < 1.29 is 0 Å². The van der Waals surface area contributed by atoms with Crippen LogP contribution in [0.3, 0.4) is 0 Å². The smallest absolute Gasteiger partial charge is 0.225 e. The van der Waals surface area contributed by atoms with Crippen LogP contribution < -0.4 is 15.1 Å². The van der Waals surface area contributed by atoms with Crippen LogP contribution in [-0.4, -0.2) is 43.2 Å². The molecular formula is C18H24ClN5. The predicted molar refractivity (Wildman–Crippen MR) is 100 cm³/mol. The maximum atomic E-state index is 6.10. The van der Waals surface area contributed by atoms with Crippen LogP contribution in [0.2, 0.25) is 5.02 Å². The van der Waals surface area contributed by atoms with Crippen LogP contribution >= 0.6 is 11.6 Å². The fraction of sp³-hybridized carbons (Fsp3) is 0.444.